The molecule has 0 spiro atoms. The molecule has 0 aliphatic rings. The summed E-state index contributed by atoms with van der Waals surface area (Å²) in [5.41, 5.74) is 42.4. The topological polar surface area (TPSA) is 508 Å². The van der Waals surface area contributed by atoms with Gasteiger partial charge in [0.15, 0.2) is 5.78 Å². The van der Waals surface area contributed by atoms with Crippen LogP contribution in [0.1, 0.15) is 99.8 Å². The van der Waals surface area contributed by atoms with Gasteiger partial charge in [-0.2, -0.15) is 23.5 Å². The molecular formula is C53H98N8O18S2. The number of thioether (sulfide) groups is 2. The molecule has 0 heterocycles. The van der Waals surface area contributed by atoms with Crippen LogP contribution in [0.25, 0.3) is 0 Å². The van der Waals surface area contributed by atoms with Crippen LogP contribution in [0.3, 0.4) is 0 Å². The molecule has 7 unspecified atom stereocenters. The van der Waals surface area contributed by atoms with Crippen molar-refractivity contribution in [1.29, 1.82) is 0 Å². The molecule has 26 nitrogen and oxygen atoms in total. The summed E-state index contributed by atoms with van der Waals surface area (Å²) in [7, 11) is 0. The molecule has 0 bridgehead atoms. The predicted octanol–water partition coefficient (Wildman–Crippen LogP) is 2.61. The maximum absolute atomic E-state index is 11.0. The van der Waals surface area contributed by atoms with E-state index in [0.29, 0.717) is 44.7 Å². The third kappa shape index (κ3) is 80.9. The molecular weight excluding hydrogens is 1100 g/mol. The summed E-state index contributed by atoms with van der Waals surface area (Å²) < 4.78 is 9.74. The molecule has 7 atom stereocenters. The zero-order valence-electron chi connectivity index (χ0n) is 48.5. The number of nitrogens with one attached hydrogen (secondary N) is 1. The van der Waals surface area contributed by atoms with Gasteiger partial charge in [0.05, 0.1) is 13.2 Å². The van der Waals surface area contributed by atoms with Crippen molar-refractivity contribution in [1.82, 2.24) is 5.32 Å². The third-order valence-corrected chi connectivity index (χ3v) is 10.9. The van der Waals surface area contributed by atoms with E-state index in [2.05, 4.69) is 44.8 Å². The highest BCUT2D eigenvalue weighted by molar-refractivity contribution is 7.99. The molecule has 0 aliphatic carbocycles. The Balaban J connectivity index is -0.000000158. The first kappa shape index (κ1) is 89.2. The lowest BCUT2D eigenvalue weighted by Gasteiger charge is -2.06. The molecule has 0 saturated carbocycles. The number of hydrogen-bond donors (Lipinski definition) is 15. The van der Waals surface area contributed by atoms with Crippen molar-refractivity contribution in [3.05, 3.63) is 72.9 Å². The number of hydrogen-bond acceptors (Lipinski definition) is 21. The smallest absolute Gasteiger partial charge is 0.322 e. The minimum Gasteiger partial charge on any atom is -0.480 e. The molecule has 28 heteroatoms. The van der Waals surface area contributed by atoms with Gasteiger partial charge < -0.3 is 90.7 Å². The van der Waals surface area contributed by atoms with Gasteiger partial charge >= 0.3 is 41.8 Å². The van der Waals surface area contributed by atoms with Crippen LogP contribution in [-0.2, 0) is 52.6 Å². The first-order valence-corrected chi connectivity index (χ1v) is 27.2. The van der Waals surface area contributed by atoms with Crippen LogP contribution in [-0.4, -0.2) is 194 Å². The highest BCUT2D eigenvalue weighted by atomic mass is 32.2. The molecule has 0 aromatic heterocycles. The van der Waals surface area contributed by atoms with Gasteiger partial charge in [0, 0.05) is 43.3 Å². The Morgan fingerprint density at radius 1 is 0.457 bits per heavy atom. The molecule has 0 fully saturated rings. The van der Waals surface area contributed by atoms with Crippen molar-refractivity contribution in [3.63, 3.8) is 0 Å². The molecule has 0 radical (unpaired) electrons. The second-order valence-corrected chi connectivity index (χ2v) is 20.7. The standard InChI is InChI=1S/C8H16N2O2.C8H13NO3.C8H15NO2S.C8H15NO2.C7H13NO4.C7H13NO3.C7H13NO2S/c1-6(2)5-10-4-3-7(9)8(11)12;1-5(2)3-6(10)4-7(9)8(11)12;1-6(2)5-12-4-3-7(9)8(10)11;1-6(2)4-3-5-7(9)8(10)11;1-5(9)4-12-3-2-6(8)7(10)11;2*1-5(2)3-11-4-6(8)7(9)10/h7,10H,1,3-5,9H2,2H3,(H,11,12);7H,1,3-4,9H2,2H3,(H,11,12);7H,1,3-5,9H2,2H3,(H,10,11);7H,1,3-5,9H2,2H3,(H,10,11);6H,2-4,8H2,1H3,(H,10,11);2*6H,1,3-4,8H2,2H3,(H,9,10). The summed E-state index contributed by atoms with van der Waals surface area (Å²) in [6.45, 7) is 36.5. The first-order valence-electron chi connectivity index (χ1n) is 24.9. The fourth-order valence-corrected chi connectivity index (χ4v) is 5.94. The van der Waals surface area contributed by atoms with E-state index in [0.717, 1.165) is 63.5 Å². The normalized spacial score (nSPS) is 12.5. The molecule has 81 heavy (non-hydrogen) atoms. The lowest BCUT2D eigenvalue weighted by Crippen LogP contribution is -2.35. The van der Waals surface area contributed by atoms with Crippen molar-refractivity contribution in [3.8, 4) is 0 Å². The summed E-state index contributed by atoms with van der Waals surface area (Å²) in [4.78, 5) is 92.8. The van der Waals surface area contributed by atoms with E-state index < -0.39 is 84.1 Å². The van der Waals surface area contributed by atoms with E-state index in [9.17, 15) is 43.2 Å². The summed E-state index contributed by atoms with van der Waals surface area (Å²) in [5, 5.41) is 61.7. The fraction of sp³-hybridized carbons (Fsp3) is 0.604. The minimum absolute atomic E-state index is 0.0202. The Morgan fingerprint density at radius 2 is 0.877 bits per heavy atom. The van der Waals surface area contributed by atoms with Crippen LogP contribution >= 0.6 is 23.5 Å². The molecule has 0 saturated heterocycles. The average molecular weight is 1200 g/mol. The highest BCUT2D eigenvalue weighted by Gasteiger charge is 2.17. The zero-order valence-corrected chi connectivity index (χ0v) is 50.1. The number of carbonyl (C=O) groups is 9. The summed E-state index contributed by atoms with van der Waals surface area (Å²) in [6.07, 6.45) is 3.48. The van der Waals surface area contributed by atoms with E-state index in [1.807, 2.05) is 27.7 Å². The minimum atomic E-state index is -1.15. The van der Waals surface area contributed by atoms with Crippen molar-refractivity contribution in [2.24, 2.45) is 40.1 Å². The number of Topliss-reactive ketones (excluding diaryl/α,β-unsaturated/α-hetero) is 2. The number of aliphatic carboxylic acids is 7. The number of ether oxygens (including phenoxy) is 2. The van der Waals surface area contributed by atoms with Gasteiger partial charge in [0.1, 0.15) is 54.7 Å². The second kappa shape index (κ2) is 57.6. The van der Waals surface area contributed by atoms with Crippen LogP contribution in [0.5, 0.6) is 0 Å². The van der Waals surface area contributed by atoms with Gasteiger partial charge in [-0.3, -0.25) is 43.2 Å². The van der Waals surface area contributed by atoms with Crippen molar-refractivity contribution in [2.45, 2.75) is 142 Å². The number of rotatable bonds is 38. The van der Waals surface area contributed by atoms with Gasteiger partial charge in [-0.25, -0.2) is 0 Å². The number of carboxylic acids is 7. The van der Waals surface area contributed by atoms with E-state index in [1.54, 1.807) is 25.6 Å². The number of carbonyl (C=O) groups excluding carboxylic acids is 2. The van der Waals surface area contributed by atoms with E-state index in [-0.39, 0.29) is 50.6 Å². The van der Waals surface area contributed by atoms with Crippen molar-refractivity contribution in [2.75, 3.05) is 62.5 Å². The lowest BCUT2D eigenvalue weighted by atomic mass is 10.1. The van der Waals surface area contributed by atoms with Gasteiger partial charge in [0.25, 0.3) is 0 Å². The molecule has 0 aromatic carbocycles. The number of nitrogens with two attached hydrogens (primary N) is 7. The van der Waals surface area contributed by atoms with Crippen LogP contribution in [0.4, 0.5) is 0 Å². The van der Waals surface area contributed by atoms with Crippen LogP contribution in [0.15, 0.2) is 72.9 Å². The maximum Gasteiger partial charge on any atom is 0.322 e. The van der Waals surface area contributed by atoms with Gasteiger partial charge in [-0.15, -0.1) is 6.58 Å². The maximum atomic E-state index is 11.0. The molecule has 0 aliphatic heterocycles. The molecule has 0 aromatic rings. The monoisotopic (exact) mass is 1200 g/mol. The van der Waals surface area contributed by atoms with Gasteiger partial charge in [-0.1, -0.05) is 66.3 Å². The van der Waals surface area contributed by atoms with E-state index in [4.69, 9.17) is 85.4 Å². The zero-order chi connectivity index (χ0) is 65.0. The Labute approximate surface area is 486 Å². The Kier molecular flexibility index (Phi) is 63.4. The quantitative estimate of drug-likeness (QED) is 0.0312. The van der Waals surface area contributed by atoms with Crippen LogP contribution < -0.4 is 45.5 Å². The number of carboxylic acid groups (broad SMARTS) is 7. The highest BCUT2D eigenvalue weighted by Crippen LogP contribution is 2.09. The van der Waals surface area contributed by atoms with E-state index >= 15 is 0 Å². The SMILES string of the molecule is C=C(C)CC(=O)CC(N)C(=O)O.C=C(C)CCCC(N)C(=O)O.C=C(C)CNCCC(N)C(=O)O.C=C(C)COCC(N)C(=O)O.C=C(C)CSCC(N)C(=O)O.C=C(C)CSCCC(N)C(=O)O.CC(=O)COCCC(N)C(=O)O. The third-order valence-electron chi connectivity index (χ3n) is 8.44. The first-order chi connectivity index (χ1) is 37.1. The summed E-state index contributed by atoms with van der Waals surface area (Å²) >= 11 is 3.16. The summed E-state index contributed by atoms with van der Waals surface area (Å²) in [5.74, 6) is -4.38. The largest absolute Gasteiger partial charge is 0.480 e. The van der Waals surface area contributed by atoms with Gasteiger partial charge in [-0.05, 0) is 99.3 Å². The lowest BCUT2D eigenvalue weighted by molar-refractivity contribution is -0.140. The van der Waals surface area contributed by atoms with Gasteiger partial charge in [0.2, 0.25) is 0 Å². The van der Waals surface area contributed by atoms with Crippen molar-refractivity contribution >= 4 is 76.9 Å². The predicted molar refractivity (Wildman–Crippen MR) is 320 cm³/mol. The average Bonchev–Trinajstić information content (AvgIpc) is 3.32. The second-order valence-electron chi connectivity index (χ2n) is 18.5. The molecule has 0 rings (SSSR count). The molecule has 22 N–H and O–H groups in total. The van der Waals surface area contributed by atoms with Crippen molar-refractivity contribution < 1.29 is 88.4 Å². The summed E-state index contributed by atoms with van der Waals surface area (Å²) in [6, 6.07) is -5.87. The Morgan fingerprint density at radius 3 is 1.26 bits per heavy atom. The van der Waals surface area contributed by atoms with E-state index in [1.165, 1.54) is 18.7 Å². The number of ketones is 2. The van der Waals surface area contributed by atoms with Crippen LogP contribution in [0.2, 0.25) is 0 Å². The molecule has 0 amide bonds. The van der Waals surface area contributed by atoms with Crippen LogP contribution in [0, 0.1) is 0 Å². The Bertz CT molecular complexity index is 1770. The number of allylic oxidation sites excluding steroid dienone is 2. The fourth-order valence-electron chi connectivity index (χ4n) is 4.16. The molecule has 470 valence electrons. The Hall–Kier alpha value is -5.63.